The number of nitrogens with zero attached hydrogens (tertiary/aromatic N) is 2. The van der Waals surface area contributed by atoms with E-state index in [1.807, 2.05) is 0 Å². The van der Waals surface area contributed by atoms with Crippen LogP contribution in [0.1, 0.15) is 60.9 Å². The molecule has 0 radical (unpaired) electrons. The monoisotopic (exact) mass is 637 g/mol. The summed E-state index contributed by atoms with van der Waals surface area (Å²) in [5.74, 6) is -7.62. The molecule has 1 spiro atoms. The van der Waals surface area contributed by atoms with Gasteiger partial charge in [0.2, 0.25) is 11.7 Å². The van der Waals surface area contributed by atoms with E-state index in [4.69, 9.17) is 5.73 Å². The van der Waals surface area contributed by atoms with Crippen LogP contribution < -0.4 is 21.3 Å². The molecule has 2 fully saturated rings. The van der Waals surface area contributed by atoms with Crippen LogP contribution in [0.25, 0.3) is 0 Å². The number of primary amides is 1. The number of likely N-dealkylation sites (N-methyl/N-ethyl adjacent to an activating group) is 1. The molecule has 13 nitrogen and oxygen atoms in total. The molecular weight excluding hydrogens is 594 g/mol. The lowest BCUT2D eigenvalue weighted by Crippen LogP contribution is -2.63. The molecule has 1 aromatic rings. The maximum Gasteiger partial charge on any atom is 0.255 e. The fourth-order valence-corrected chi connectivity index (χ4v) is 8.34. The zero-order valence-corrected chi connectivity index (χ0v) is 26.6. The summed E-state index contributed by atoms with van der Waals surface area (Å²) in [6.45, 7) is 0.0274. The van der Waals surface area contributed by atoms with Crippen molar-refractivity contribution in [1.29, 1.82) is 0 Å². The van der Waals surface area contributed by atoms with E-state index in [1.165, 1.54) is 17.7 Å². The first kappa shape index (κ1) is 32.0. The van der Waals surface area contributed by atoms with E-state index >= 15 is 0 Å². The van der Waals surface area contributed by atoms with Crippen molar-refractivity contribution in [1.82, 2.24) is 10.2 Å². The summed E-state index contributed by atoms with van der Waals surface area (Å²) >= 11 is 0. The van der Waals surface area contributed by atoms with Crippen LogP contribution in [-0.4, -0.2) is 101 Å². The normalized spacial score (nSPS) is 28.6. The van der Waals surface area contributed by atoms with Crippen LogP contribution in [0.5, 0.6) is 5.75 Å². The van der Waals surface area contributed by atoms with Gasteiger partial charge in [-0.2, -0.15) is 0 Å². The van der Waals surface area contributed by atoms with Crippen molar-refractivity contribution in [2.24, 2.45) is 23.0 Å². The van der Waals surface area contributed by atoms with Crippen LogP contribution in [-0.2, 0) is 20.8 Å². The Labute approximate surface area is 267 Å². The highest BCUT2D eigenvalue weighted by atomic mass is 16.3. The van der Waals surface area contributed by atoms with Crippen LogP contribution in [0.15, 0.2) is 28.7 Å². The number of benzene rings is 1. The second-order valence-corrected chi connectivity index (χ2v) is 14.2. The average Bonchev–Trinajstić information content (AvgIpc) is 3.74. The van der Waals surface area contributed by atoms with Gasteiger partial charge in [0.05, 0.1) is 23.8 Å². The van der Waals surface area contributed by atoms with Crippen LogP contribution in [0.3, 0.4) is 0 Å². The van der Waals surface area contributed by atoms with Crippen LogP contribution in [0, 0.1) is 17.3 Å². The summed E-state index contributed by atoms with van der Waals surface area (Å²) < 4.78 is 0. The van der Waals surface area contributed by atoms with Crippen molar-refractivity contribution in [2.75, 3.05) is 45.0 Å². The number of aliphatic hydroxyl groups is 3. The lowest BCUT2D eigenvalue weighted by molar-refractivity contribution is -0.148. The number of ketones is 2. The number of carbonyl (C=O) groups excluding carboxylic acids is 4. The lowest BCUT2D eigenvalue weighted by atomic mass is 9.58. The second-order valence-electron chi connectivity index (χ2n) is 14.2. The molecular formula is C33H43N5O8. The Morgan fingerprint density at radius 2 is 1.70 bits per heavy atom. The minimum absolute atomic E-state index is 0.00810. The number of allylic oxidation sites excluding steroid dienone is 1. The number of hydrogen-bond donors (Lipinski definition) is 7. The molecule has 5 aliphatic rings. The third-order valence-electron chi connectivity index (χ3n) is 11.0. The van der Waals surface area contributed by atoms with Crippen molar-refractivity contribution in [2.45, 2.75) is 69.1 Å². The van der Waals surface area contributed by atoms with E-state index in [2.05, 4.69) is 10.6 Å². The van der Waals surface area contributed by atoms with Crippen molar-refractivity contribution in [3.63, 3.8) is 0 Å². The summed E-state index contributed by atoms with van der Waals surface area (Å²) in [6, 6.07) is 0.773. The molecule has 0 bridgehead atoms. The Bertz CT molecular complexity index is 1600. The van der Waals surface area contributed by atoms with E-state index in [0.717, 1.165) is 25.7 Å². The highest BCUT2D eigenvalue weighted by Gasteiger charge is 2.63. The highest BCUT2D eigenvalue weighted by Crippen LogP contribution is 2.56. The Morgan fingerprint density at radius 1 is 1.04 bits per heavy atom. The number of anilines is 2. The van der Waals surface area contributed by atoms with Crippen molar-refractivity contribution in [3.8, 4) is 5.75 Å². The number of nitrogens with one attached hydrogen (secondary N) is 2. The van der Waals surface area contributed by atoms with Crippen LogP contribution in [0.4, 0.5) is 11.4 Å². The lowest BCUT2D eigenvalue weighted by Gasteiger charge is -2.50. The second kappa shape index (κ2) is 11.1. The molecule has 5 aliphatic carbocycles. The van der Waals surface area contributed by atoms with E-state index in [9.17, 15) is 39.6 Å². The summed E-state index contributed by atoms with van der Waals surface area (Å²) in [6.07, 6.45) is 7.07. The maximum absolute atomic E-state index is 14.2. The molecule has 0 aromatic heterocycles. The third-order valence-corrected chi connectivity index (χ3v) is 11.0. The summed E-state index contributed by atoms with van der Waals surface area (Å²) in [5.41, 5.74) is 3.01. The zero-order chi connectivity index (χ0) is 33.5. The molecule has 2 amide bonds. The number of phenolic OH excluding ortho intramolecular Hbond substituents is 1. The number of hydrogen-bond acceptors (Lipinski definition) is 11. The number of aromatic hydroxyl groups is 1. The standard InChI is InChI=1S/C33H43N5O8/c1-37(2)20-13-19(36-21(39)14-35-16-5-7-32(8-6-16)9-10-32)26(40)23-17(20)11-15-12-18-25(38(3)4)28(42)24(31(34)45)30(44)33(18,46)29(43)22(15)27(23)41/h13,15-16,18,25,35,40,42-43,46H,5-12,14H2,1-4H3,(H2,34,45)(H,36,39)/t15-,18-,25?,33-/m0/s1. The van der Waals surface area contributed by atoms with Gasteiger partial charge in [0, 0.05) is 37.3 Å². The first-order chi connectivity index (χ1) is 21.6. The molecule has 2 saturated carbocycles. The Balaban J connectivity index is 1.34. The van der Waals surface area contributed by atoms with E-state index in [0.29, 0.717) is 16.7 Å². The smallest absolute Gasteiger partial charge is 0.255 e. The first-order valence-electron chi connectivity index (χ1n) is 15.9. The first-order valence-corrected chi connectivity index (χ1v) is 15.9. The fraction of sp³-hybridized carbons (Fsp3) is 0.576. The van der Waals surface area contributed by atoms with Gasteiger partial charge >= 0.3 is 0 Å². The van der Waals surface area contributed by atoms with Gasteiger partial charge in [0.15, 0.2) is 17.1 Å². The molecule has 8 N–H and O–H groups in total. The van der Waals surface area contributed by atoms with Gasteiger partial charge in [0.1, 0.15) is 17.1 Å². The van der Waals surface area contributed by atoms with Gasteiger partial charge in [-0.1, -0.05) is 0 Å². The summed E-state index contributed by atoms with van der Waals surface area (Å²) in [5, 5.41) is 51.8. The molecule has 1 unspecified atom stereocenters. The van der Waals surface area contributed by atoms with Crippen LogP contribution in [0.2, 0.25) is 0 Å². The molecule has 248 valence electrons. The number of carbonyl (C=O) groups is 4. The third kappa shape index (κ3) is 4.87. The summed E-state index contributed by atoms with van der Waals surface area (Å²) in [4.78, 5) is 56.2. The number of fused-ring (bicyclic) bond motifs is 3. The van der Waals surface area contributed by atoms with E-state index in [1.54, 1.807) is 39.2 Å². The van der Waals surface area contributed by atoms with Crippen molar-refractivity contribution in [3.05, 3.63) is 39.9 Å². The summed E-state index contributed by atoms with van der Waals surface area (Å²) in [7, 11) is 6.69. The van der Waals surface area contributed by atoms with E-state index < -0.39 is 69.7 Å². The molecule has 0 aliphatic heterocycles. The number of rotatable bonds is 7. The predicted octanol–water partition coefficient (Wildman–Crippen LogP) is 1.44. The molecule has 6 rings (SSSR count). The molecule has 46 heavy (non-hydrogen) atoms. The topological polar surface area (TPSA) is 206 Å². The number of amides is 2. The minimum atomic E-state index is -2.72. The number of phenols is 1. The minimum Gasteiger partial charge on any atom is -0.510 e. The van der Waals surface area contributed by atoms with Crippen molar-refractivity contribution >= 4 is 34.8 Å². The Kier molecular flexibility index (Phi) is 7.72. The predicted molar refractivity (Wildman–Crippen MR) is 169 cm³/mol. The molecule has 1 aromatic carbocycles. The van der Waals surface area contributed by atoms with Gasteiger partial charge < -0.3 is 41.7 Å². The number of aliphatic hydroxyl groups excluding tert-OH is 2. The Hall–Kier alpha value is -3.94. The highest BCUT2D eigenvalue weighted by molar-refractivity contribution is 6.25. The van der Waals surface area contributed by atoms with Gasteiger partial charge in [-0.05, 0) is 88.4 Å². The SMILES string of the molecule is CN(C)c1cc(NC(=O)CNC2CCC3(CC2)CC3)c(O)c2c1C[C@H]1C[C@H]3C(N(C)C)C(O)=C(C(N)=O)C(=O)[C@@]3(O)C(O)=C1C2=O. The zero-order valence-electron chi connectivity index (χ0n) is 26.6. The largest absolute Gasteiger partial charge is 0.510 e. The molecule has 4 atom stereocenters. The van der Waals surface area contributed by atoms with Gasteiger partial charge in [-0.25, -0.2) is 0 Å². The van der Waals surface area contributed by atoms with Crippen LogP contribution >= 0.6 is 0 Å². The van der Waals surface area contributed by atoms with Crippen molar-refractivity contribution < 1.29 is 39.6 Å². The Morgan fingerprint density at radius 3 is 2.26 bits per heavy atom. The molecule has 0 saturated heterocycles. The van der Waals surface area contributed by atoms with E-state index in [-0.39, 0.29) is 42.3 Å². The molecule has 0 heterocycles. The number of Topliss-reactive ketones (excluding diaryl/α,β-unsaturated/α-hetero) is 2. The number of nitrogens with two attached hydrogens (primary N) is 1. The average molecular weight is 638 g/mol. The maximum atomic E-state index is 14.2. The quantitative estimate of drug-likeness (QED) is 0.168. The van der Waals surface area contributed by atoms with Gasteiger partial charge in [0.25, 0.3) is 5.91 Å². The fourth-order valence-electron chi connectivity index (χ4n) is 8.34. The molecule has 13 heteroatoms. The van der Waals surface area contributed by atoms with Gasteiger partial charge in [-0.15, -0.1) is 0 Å². The van der Waals surface area contributed by atoms with Gasteiger partial charge in [-0.3, -0.25) is 24.1 Å².